The van der Waals surface area contributed by atoms with E-state index in [0.29, 0.717) is 23.0 Å². The maximum absolute atomic E-state index is 11.8. The standard InChI is InChI=1S/C23H24N4O4/c1-13(2)20(23(28)29)26-21-22-24-12-17(14-9-10-18(30-3)19(11-14)31-4)27(22)16-8-6-5-7-15(16)25-21/h5-13,20H,1-4H3,(H,25,26)(H,28,29)/t20-/m0/s1. The van der Waals surface area contributed by atoms with E-state index in [2.05, 4.69) is 15.3 Å². The van der Waals surface area contributed by atoms with E-state index in [1.165, 1.54) is 0 Å². The van der Waals surface area contributed by atoms with Gasteiger partial charge < -0.3 is 19.9 Å². The van der Waals surface area contributed by atoms with Crippen LogP contribution in [0.25, 0.3) is 27.9 Å². The molecule has 0 spiro atoms. The fourth-order valence-corrected chi connectivity index (χ4v) is 3.64. The van der Waals surface area contributed by atoms with Gasteiger partial charge >= 0.3 is 5.97 Å². The normalized spacial score (nSPS) is 12.3. The van der Waals surface area contributed by atoms with Crippen molar-refractivity contribution in [2.45, 2.75) is 19.9 Å². The fourth-order valence-electron chi connectivity index (χ4n) is 3.64. The van der Waals surface area contributed by atoms with E-state index in [1.54, 1.807) is 20.4 Å². The van der Waals surface area contributed by atoms with E-state index in [9.17, 15) is 9.90 Å². The number of rotatable bonds is 7. The maximum atomic E-state index is 11.8. The van der Waals surface area contributed by atoms with Crippen molar-refractivity contribution < 1.29 is 19.4 Å². The lowest BCUT2D eigenvalue weighted by atomic mass is 10.1. The van der Waals surface area contributed by atoms with Crippen molar-refractivity contribution in [3.8, 4) is 22.8 Å². The van der Waals surface area contributed by atoms with Crippen molar-refractivity contribution in [2.75, 3.05) is 19.5 Å². The largest absolute Gasteiger partial charge is 0.493 e. The molecule has 0 aliphatic rings. The number of hydrogen-bond donors (Lipinski definition) is 2. The fraction of sp³-hybridized carbons (Fsp3) is 0.261. The quantitative estimate of drug-likeness (QED) is 0.465. The summed E-state index contributed by atoms with van der Waals surface area (Å²) in [6.07, 6.45) is 1.75. The minimum atomic E-state index is -0.935. The summed E-state index contributed by atoms with van der Waals surface area (Å²) in [4.78, 5) is 21.0. The van der Waals surface area contributed by atoms with Crippen LogP contribution < -0.4 is 14.8 Å². The molecule has 8 heteroatoms. The van der Waals surface area contributed by atoms with E-state index in [4.69, 9.17) is 9.47 Å². The molecule has 0 aliphatic heterocycles. The number of nitrogens with one attached hydrogen (secondary N) is 1. The first-order valence-corrected chi connectivity index (χ1v) is 9.92. The van der Waals surface area contributed by atoms with Crippen LogP contribution in [0, 0.1) is 5.92 Å². The second-order valence-electron chi connectivity index (χ2n) is 7.53. The van der Waals surface area contributed by atoms with Crippen molar-refractivity contribution in [1.29, 1.82) is 0 Å². The number of anilines is 1. The first-order valence-electron chi connectivity index (χ1n) is 9.92. The first kappa shape index (κ1) is 20.5. The Labute approximate surface area is 179 Å². The summed E-state index contributed by atoms with van der Waals surface area (Å²) in [6.45, 7) is 3.70. The van der Waals surface area contributed by atoms with Gasteiger partial charge in [-0.15, -0.1) is 0 Å². The number of methoxy groups -OCH3 is 2. The van der Waals surface area contributed by atoms with Gasteiger partial charge in [-0.05, 0) is 36.2 Å². The van der Waals surface area contributed by atoms with E-state index in [1.807, 2.05) is 60.7 Å². The van der Waals surface area contributed by atoms with Gasteiger partial charge in [0.1, 0.15) is 6.04 Å². The van der Waals surface area contributed by atoms with Gasteiger partial charge in [-0.3, -0.25) is 4.40 Å². The topological polar surface area (TPSA) is 98.0 Å². The Kier molecular flexibility index (Phi) is 5.37. The zero-order chi connectivity index (χ0) is 22.1. The molecule has 1 atom stereocenters. The van der Waals surface area contributed by atoms with Gasteiger partial charge in [-0.1, -0.05) is 26.0 Å². The number of ether oxygens (including phenoxy) is 2. The number of carboxylic acid groups (broad SMARTS) is 1. The maximum Gasteiger partial charge on any atom is 0.326 e. The summed E-state index contributed by atoms with van der Waals surface area (Å²) in [5, 5.41) is 12.7. The zero-order valence-electron chi connectivity index (χ0n) is 17.8. The molecule has 0 radical (unpaired) electrons. The van der Waals surface area contributed by atoms with Gasteiger partial charge in [0.25, 0.3) is 0 Å². The number of hydrogen-bond acceptors (Lipinski definition) is 6. The monoisotopic (exact) mass is 420 g/mol. The highest BCUT2D eigenvalue weighted by atomic mass is 16.5. The third-order valence-electron chi connectivity index (χ3n) is 5.23. The number of carboxylic acids is 1. The van der Waals surface area contributed by atoms with E-state index in [-0.39, 0.29) is 5.92 Å². The number of imidazole rings is 1. The summed E-state index contributed by atoms with van der Waals surface area (Å²) < 4.78 is 12.8. The Bertz CT molecular complexity index is 1270. The summed E-state index contributed by atoms with van der Waals surface area (Å²) in [5.74, 6) is 0.597. The molecule has 2 aromatic carbocycles. The summed E-state index contributed by atoms with van der Waals surface area (Å²) in [7, 11) is 3.19. The van der Waals surface area contributed by atoms with E-state index in [0.717, 1.165) is 22.3 Å². The molecule has 0 unspecified atom stereocenters. The Morgan fingerprint density at radius 1 is 1.10 bits per heavy atom. The molecule has 8 nitrogen and oxygen atoms in total. The molecule has 4 aromatic rings. The van der Waals surface area contributed by atoms with Crippen LogP contribution in [0.4, 0.5) is 5.82 Å². The lowest BCUT2D eigenvalue weighted by Gasteiger charge is -2.19. The molecule has 31 heavy (non-hydrogen) atoms. The van der Waals surface area contributed by atoms with Crippen LogP contribution in [0.15, 0.2) is 48.7 Å². The van der Waals surface area contributed by atoms with E-state index < -0.39 is 12.0 Å². The Morgan fingerprint density at radius 3 is 2.52 bits per heavy atom. The predicted octanol–water partition coefficient (Wildman–Crippen LogP) is 4.09. The molecule has 2 heterocycles. The molecule has 0 bridgehead atoms. The number of para-hydroxylation sites is 2. The van der Waals surface area contributed by atoms with Crippen LogP contribution in [0.5, 0.6) is 11.5 Å². The Morgan fingerprint density at radius 2 is 1.84 bits per heavy atom. The predicted molar refractivity (Wildman–Crippen MR) is 119 cm³/mol. The minimum Gasteiger partial charge on any atom is -0.493 e. The Hall–Kier alpha value is -3.81. The average molecular weight is 420 g/mol. The first-order chi connectivity index (χ1) is 14.9. The van der Waals surface area contributed by atoms with Crippen LogP contribution in [-0.2, 0) is 4.79 Å². The second-order valence-corrected chi connectivity index (χ2v) is 7.53. The minimum absolute atomic E-state index is 0.133. The van der Waals surface area contributed by atoms with Gasteiger partial charge in [0.15, 0.2) is 23.0 Å². The third-order valence-corrected chi connectivity index (χ3v) is 5.23. The SMILES string of the molecule is COc1ccc(-c2cnc3c(N[C@H](C(=O)O)C(C)C)nc4ccccc4n23)cc1OC. The number of carbonyl (C=O) groups is 1. The lowest BCUT2D eigenvalue weighted by Crippen LogP contribution is -2.34. The van der Waals surface area contributed by atoms with Gasteiger partial charge in [0, 0.05) is 5.56 Å². The molecule has 2 N–H and O–H groups in total. The van der Waals surface area contributed by atoms with Crippen LogP contribution in [-0.4, -0.2) is 45.7 Å². The molecule has 0 fully saturated rings. The summed E-state index contributed by atoms with van der Waals surface area (Å²) in [5.41, 5.74) is 3.85. The third kappa shape index (κ3) is 3.61. The van der Waals surface area contributed by atoms with E-state index >= 15 is 0 Å². The highest BCUT2D eigenvalue weighted by Gasteiger charge is 2.24. The molecule has 0 aliphatic carbocycles. The highest BCUT2D eigenvalue weighted by molar-refractivity contribution is 5.88. The molecular weight excluding hydrogens is 396 g/mol. The van der Waals surface area contributed by atoms with Gasteiger partial charge in [-0.25, -0.2) is 14.8 Å². The number of nitrogens with zero attached hydrogens (tertiary/aromatic N) is 3. The van der Waals surface area contributed by atoms with Crippen molar-refractivity contribution in [3.63, 3.8) is 0 Å². The molecule has 0 amide bonds. The van der Waals surface area contributed by atoms with Crippen molar-refractivity contribution in [1.82, 2.24) is 14.4 Å². The highest BCUT2D eigenvalue weighted by Crippen LogP contribution is 2.34. The number of aromatic nitrogens is 3. The average Bonchev–Trinajstić information content (AvgIpc) is 3.22. The van der Waals surface area contributed by atoms with Crippen molar-refractivity contribution in [3.05, 3.63) is 48.7 Å². The summed E-state index contributed by atoms with van der Waals surface area (Å²) >= 11 is 0. The van der Waals surface area contributed by atoms with Crippen molar-refractivity contribution >= 4 is 28.5 Å². The van der Waals surface area contributed by atoms with Gasteiger partial charge in [0.2, 0.25) is 0 Å². The number of benzene rings is 2. The van der Waals surface area contributed by atoms with Crippen LogP contribution in [0.3, 0.4) is 0 Å². The molecule has 0 saturated carbocycles. The van der Waals surface area contributed by atoms with Crippen LogP contribution in [0.2, 0.25) is 0 Å². The van der Waals surface area contributed by atoms with Crippen LogP contribution in [0.1, 0.15) is 13.8 Å². The summed E-state index contributed by atoms with van der Waals surface area (Å²) in [6, 6.07) is 12.6. The van der Waals surface area contributed by atoms with Crippen LogP contribution >= 0.6 is 0 Å². The second kappa shape index (κ2) is 8.14. The smallest absolute Gasteiger partial charge is 0.326 e. The molecule has 0 saturated heterocycles. The molecular formula is C23H24N4O4. The van der Waals surface area contributed by atoms with Gasteiger partial charge in [-0.2, -0.15) is 0 Å². The van der Waals surface area contributed by atoms with Crippen molar-refractivity contribution in [2.24, 2.45) is 5.92 Å². The number of fused-ring (bicyclic) bond motifs is 3. The Balaban J connectivity index is 1.96. The lowest BCUT2D eigenvalue weighted by molar-refractivity contribution is -0.138. The molecule has 2 aromatic heterocycles. The number of aliphatic carboxylic acids is 1. The molecule has 160 valence electrons. The zero-order valence-corrected chi connectivity index (χ0v) is 17.8. The van der Waals surface area contributed by atoms with Gasteiger partial charge in [0.05, 0.1) is 37.1 Å². The molecule has 4 rings (SSSR count).